The molecule has 1 aromatic carbocycles. The van der Waals surface area contributed by atoms with E-state index in [0.717, 1.165) is 23.9 Å². The first kappa shape index (κ1) is 18.0. The molecule has 0 saturated heterocycles. The number of rotatable bonds is 7. The lowest BCUT2D eigenvalue weighted by Gasteiger charge is -2.17. The molecule has 2 aromatic heterocycles. The minimum Gasteiger partial charge on any atom is -0.381 e. The summed E-state index contributed by atoms with van der Waals surface area (Å²) < 4.78 is 17.3. The van der Waals surface area contributed by atoms with Crippen molar-refractivity contribution >= 4 is 45.7 Å². The van der Waals surface area contributed by atoms with E-state index in [-0.39, 0.29) is 11.9 Å². The van der Waals surface area contributed by atoms with Crippen molar-refractivity contribution < 1.29 is 4.39 Å². The predicted molar refractivity (Wildman–Crippen MR) is 104 cm³/mol. The molecule has 2 N–H and O–H groups in total. The quantitative estimate of drug-likeness (QED) is 0.518. The number of thiazole rings is 1. The molecule has 1 atom stereocenters. The molecule has 3 aromatic rings. The van der Waals surface area contributed by atoms with E-state index < -0.39 is 0 Å². The van der Waals surface area contributed by atoms with E-state index in [2.05, 4.69) is 20.0 Å². The second-order valence-corrected chi connectivity index (χ2v) is 7.56. The Morgan fingerprint density at radius 1 is 1.36 bits per heavy atom. The van der Waals surface area contributed by atoms with Crippen molar-refractivity contribution in [2.75, 3.05) is 10.0 Å². The molecule has 1 unspecified atom stereocenters. The first-order valence-corrected chi connectivity index (χ1v) is 9.66. The third kappa shape index (κ3) is 5.07. The predicted octanol–water partition coefficient (Wildman–Crippen LogP) is 5.49. The maximum atomic E-state index is 14.3. The lowest BCUT2D eigenvalue weighted by Crippen LogP contribution is -2.18. The van der Waals surface area contributed by atoms with Gasteiger partial charge in [0.25, 0.3) is 0 Å². The first-order chi connectivity index (χ1) is 12.1. The highest BCUT2D eigenvalue weighted by molar-refractivity contribution is 8.00. The third-order valence-corrected chi connectivity index (χ3v) is 5.33. The van der Waals surface area contributed by atoms with E-state index >= 15 is 0 Å². The molecule has 0 amide bonds. The smallest absolute Gasteiger partial charge is 0.192 e. The van der Waals surface area contributed by atoms with Crippen molar-refractivity contribution in [2.45, 2.75) is 24.3 Å². The van der Waals surface area contributed by atoms with E-state index in [9.17, 15) is 4.39 Å². The minimum atomic E-state index is -0.338. The van der Waals surface area contributed by atoms with Crippen molar-refractivity contribution in [1.82, 2.24) is 9.97 Å². The average molecular weight is 395 g/mol. The van der Waals surface area contributed by atoms with Crippen molar-refractivity contribution in [2.24, 2.45) is 0 Å². The Balaban J connectivity index is 1.64. The largest absolute Gasteiger partial charge is 0.381 e. The zero-order valence-corrected chi connectivity index (χ0v) is 15.8. The van der Waals surface area contributed by atoms with Gasteiger partial charge in [-0.1, -0.05) is 17.7 Å². The molecule has 4 nitrogen and oxygen atoms in total. The highest BCUT2D eigenvalue weighted by Gasteiger charge is 2.12. The molecular formula is C17H16ClFN4S2. The normalized spacial score (nSPS) is 12.0. The van der Waals surface area contributed by atoms with Crippen LogP contribution in [0.15, 0.2) is 53.1 Å². The number of benzene rings is 1. The van der Waals surface area contributed by atoms with Crippen molar-refractivity contribution in [3.05, 3.63) is 64.6 Å². The Hall–Kier alpha value is -1.83. The summed E-state index contributed by atoms with van der Waals surface area (Å²) in [6, 6.07) is 7.04. The van der Waals surface area contributed by atoms with Gasteiger partial charge in [0.15, 0.2) is 5.13 Å². The Kier molecular flexibility index (Phi) is 6.12. The second kappa shape index (κ2) is 8.51. The van der Waals surface area contributed by atoms with E-state index in [1.54, 1.807) is 18.5 Å². The summed E-state index contributed by atoms with van der Waals surface area (Å²) in [6.07, 6.45) is 6.02. The van der Waals surface area contributed by atoms with Gasteiger partial charge >= 0.3 is 0 Å². The maximum Gasteiger partial charge on any atom is 0.192 e. The summed E-state index contributed by atoms with van der Waals surface area (Å²) in [7, 11) is 0. The molecule has 0 aliphatic heterocycles. The van der Waals surface area contributed by atoms with Crippen LogP contribution in [0.3, 0.4) is 0 Å². The average Bonchev–Trinajstić information content (AvgIpc) is 3.11. The van der Waals surface area contributed by atoms with Crippen LogP contribution in [0.2, 0.25) is 5.02 Å². The van der Waals surface area contributed by atoms with E-state index in [1.165, 1.54) is 17.4 Å². The molecule has 2 heterocycles. The molecule has 130 valence electrons. The van der Waals surface area contributed by atoms with Gasteiger partial charge in [0.1, 0.15) is 5.82 Å². The Labute approximate surface area is 159 Å². The molecule has 3 rings (SSSR count). The highest BCUT2D eigenvalue weighted by Crippen LogP contribution is 2.32. The summed E-state index contributed by atoms with van der Waals surface area (Å²) in [5, 5.41) is 6.30. The van der Waals surface area contributed by atoms with Crippen LogP contribution < -0.4 is 10.0 Å². The van der Waals surface area contributed by atoms with Crippen molar-refractivity contribution in [1.29, 1.82) is 0 Å². The van der Waals surface area contributed by atoms with Gasteiger partial charge in [-0.05, 0) is 49.1 Å². The fourth-order valence-corrected chi connectivity index (χ4v) is 3.83. The number of hydrogen-bond acceptors (Lipinski definition) is 6. The Morgan fingerprint density at radius 2 is 2.24 bits per heavy atom. The topological polar surface area (TPSA) is 49.8 Å². The van der Waals surface area contributed by atoms with Crippen molar-refractivity contribution in [3.8, 4) is 0 Å². The Morgan fingerprint density at radius 3 is 2.96 bits per heavy atom. The van der Waals surface area contributed by atoms with Crippen LogP contribution in [0, 0.1) is 5.82 Å². The summed E-state index contributed by atoms with van der Waals surface area (Å²) in [4.78, 5) is 8.62. The van der Waals surface area contributed by atoms with Crippen LogP contribution in [-0.2, 0) is 6.42 Å². The van der Waals surface area contributed by atoms with Gasteiger partial charge in [0.2, 0.25) is 0 Å². The Bertz CT molecular complexity index is 815. The summed E-state index contributed by atoms with van der Waals surface area (Å²) in [5.41, 5.74) is 1.69. The molecule has 0 aliphatic carbocycles. The van der Waals surface area contributed by atoms with E-state index in [4.69, 9.17) is 11.6 Å². The SMILES string of the molecule is CC(Cc1cccnc1)Nc1cc(F)c(SNc2nccs2)cc1Cl. The van der Waals surface area contributed by atoms with Crippen LogP contribution >= 0.6 is 34.9 Å². The third-order valence-electron chi connectivity index (χ3n) is 3.37. The number of aromatic nitrogens is 2. The van der Waals surface area contributed by atoms with Gasteiger partial charge in [-0.15, -0.1) is 11.3 Å². The van der Waals surface area contributed by atoms with Gasteiger partial charge in [-0.3, -0.25) is 4.98 Å². The number of anilines is 2. The van der Waals surface area contributed by atoms with E-state index in [0.29, 0.717) is 20.7 Å². The molecule has 0 saturated carbocycles. The number of nitrogens with one attached hydrogen (secondary N) is 2. The summed E-state index contributed by atoms with van der Waals surface area (Å²) in [6.45, 7) is 2.02. The standard InChI is InChI=1S/C17H16ClFN4S2/c1-11(7-12-3-2-4-20-10-12)22-15-9-14(19)16(8-13(15)18)25-23-17-21-5-6-24-17/h2-6,8-11,22H,7H2,1H3,(H,21,23). The van der Waals surface area contributed by atoms with Gasteiger partial charge < -0.3 is 10.0 Å². The van der Waals surface area contributed by atoms with Crippen LogP contribution in [0.25, 0.3) is 0 Å². The molecule has 8 heteroatoms. The molecular weight excluding hydrogens is 379 g/mol. The molecule has 0 spiro atoms. The number of pyridine rings is 1. The van der Waals surface area contributed by atoms with Gasteiger partial charge in [0, 0.05) is 30.0 Å². The second-order valence-electron chi connectivity index (χ2n) is 5.41. The number of hydrogen-bond donors (Lipinski definition) is 2. The van der Waals surface area contributed by atoms with Crippen LogP contribution in [0.1, 0.15) is 12.5 Å². The van der Waals surface area contributed by atoms with Gasteiger partial charge in [-0.2, -0.15) is 0 Å². The minimum absolute atomic E-state index is 0.0908. The first-order valence-electron chi connectivity index (χ1n) is 7.58. The molecule has 0 fully saturated rings. The van der Waals surface area contributed by atoms with Crippen molar-refractivity contribution in [3.63, 3.8) is 0 Å². The van der Waals surface area contributed by atoms with Crippen LogP contribution in [0.4, 0.5) is 15.2 Å². The number of halogens is 2. The molecule has 25 heavy (non-hydrogen) atoms. The molecule has 0 aliphatic rings. The summed E-state index contributed by atoms with van der Waals surface area (Å²) >= 11 is 8.91. The van der Waals surface area contributed by atoms with Crippen LogP contribution in [-0.4, -0.2) is 16.0 Å². The van der Waals surface area contributed by atoms with Gasteiger partial charge in [0.05, 0.1) is 15.6 Å². The zero-order valence-electron chi connectivity index (χ0n) is 13.4. The molecule has 0 bridgehead atoms. The summed E-state index contributed by atoms with van der Waals surface area (Å²) in [5.74, 6) is -0.338. The zero-order chi connectivity index (χ0) is 17.6. The molecule has 0 radical (unpaired) electrons. The number of nitrogens with zero attached hydrogens (tertiary/aromatic N) is 2. The fraction of sp³-hybridized carbons (Fsp3) is 0.176. The lowest BCUT2D eigenvalue weighted by atomic mass is 10.1. The van der Waals surface area contributed by atoms with E-state index in [1.807, 2.05) is 30.6 Å². The maximum absolute atomic E-state index is 14.3. The fourth-order valence-electron chi connectivity index (χ4n) is 2.28. The monoisotopic (exact) mass is 394 g/mol. The van der Waals surface area contributed by atoms with Gasteiger partial charge in [-0.25, -0.2) is 9.37 Å². The van der Waals surface area contributed by atoms with Crippen LogP contribution in [0.5, 0.6) is 0 Å². The lowest BCUT2D eigenvalue weighted by molar-refractivity contribution is 0.602. The highest BCUT2D eigenvalue weighted by atomic mass is 35.5.